The predicted molar refractivity (Wildman–Crippen MR) is 140 cm³/mol. The molecule has 2 aromatic heterocycles. The summed E-state index contributed by atoms with van der Waals surface area (Å²) >= 11 is 13.2. The molecule has 1 aliphatic heterocycles. The number of ether oxygens (including phenoxy) is 1. The van der Waals surface area contributed by atoms with Crippen molar-refractivity contribution in [1.29, 1.82) is 0 Å². The van der Waals surface area contributed by atoms with Gasteiger partial charge in [-0.2, -0.15) is 13.2 Å². The van der Waals surface area contributed by atoms with E-state index in [0.29, 0.717) is 11.3 Å². The van der Waals surface area contributed by atoms with Gasteiger partial charge in [0.05, 0.1) is 40.0 Å². The van der Waals surface area contributed by atoms with Crippen LogP contribution in [0.2, 0.25) is 10.0 Å². The van der Waals surface area contributed by atoms with Crippen LogP contribution in [0.5, 0.6) is 0 Å². The molecule has 0 spiro atoms. The lowest BCUT2D eigenvalue weighted by Crippen LogP contribution is -2.46. The van der Waals surface area contributed by atoms with Gasteiger partial charge in [-0.1, -0.05) is 35.0 Å². The third kappa shape index (κ3) is 5.64. The van der Waals surface area contributed by atoms with Gasteiger partial charge in [0.25, 0.3) is 11.5 Å². The van der Waals surface area contributed by atoms with Crippen LogP contribution in [0.1, 0.15) is 51.4 Å². The van der Waals surface area contributed by atoms with Crippen LogP contribution < -0.4 is 5.56 Å². The van der Waals surface area contributed by atoms with Crippen molar-refractivity contribution in [1.82, 2.24) is 19.4 Å². The van der Waals surface area contributed by atoms with Crippen molar-refractivity contribution in [3.63, 3.8) is 0 Å². The molecule has 1 amide bonds. The number of thioether (sulfide) groups is 1. The monoisotopic (exact) mass is 600 g/mol. The topological polar surface area (TPSA) is 94.4 Å². The van der Waals surface area contributed by atoms with E-state index in [1.807, 2.05) is 0 Å². The zero-order valence-electron chi connectivity index (χ0n) is 20.8. The number of esters is 1. The summed E-state index contributed by atoms with van der Waals surface area (Å²) in [6.45, 7) is 3.43. The quantitative estimate of drug-likeness (QED) is 0.219. The number of carbonyl (C=O) groups is 2. The molecule has 3 heterocycles. The highest BCUT2D eigenvalue weighted by molar-refractivity contribution is 7.98. The number of carbonyl (C=O) groups excluding carboxylic acids is 2. The Morgan fingerprint density at radius 1 is 1.18 bits per heavy atom. The number of hydrogen-bond acceptors (Lipinski definition) is 7. The first kappa shape index (κ1) is 28.9. The Labute approximate surface area is 235 Å². The van der Waals surface area contributed by atoms with E-state index in [1.54, 1.807) is 20.1 Å². The average molecular weight is 601 g/mol. The van der Waals surface area contributed by atoms with Gasteiger partial charge in [-0.15, -0.1) is 0 Å². The molecule has 39 heavy (non-hydrogen) atoms. The molecule has 4 rings (SSSR count). The number of nitrogens with zero attached hydrogens (tertiary/aromatic N) is 4. The van der Waals surface area contributed by atoms with Gasteiger partial charge in [0.15, 0.2) is 11.0 Å². The third-order valence-electron chi connectivity index (χ3n) is 6.09. The largest absolute Gasteiger partial charge is 0.462 e. The lowest BCUT2D eigenvalue weighted by Gasteiger charge is -2.34. The zero-order valence-corrected chi connectivity index (χ0v) is 23.1. The molecule has 3 aromatic rings. The van der Waals surface area contributed by atoms with E-state index >= 15 is 0 Å². The number of hydrogen-bond donors (Lipinski definition) is 0. The van der Waals surface area contributed by atoms with Gasteiger partial charge in [-0.25, -0.2) is 19.3 Å². The molecule has 0 unspecified atom stereocenters. The van der Waals surface area contributed by atoms with E-state index in [9.17, 15) is 27.6 Å². The first-order valence-electron chi connectivity index (χ1n) is 11.6. The molecule has 1 aliphatic rings. The van der Waals surface area contributed by atoms with Crippen molar-refractivity contribution in [2.45, 2.75) is 44.2 Å². The van der Waals surface area contributed by atoms with E-state index in [2.05, 4.69) is 9.97 Å². The molecule has 206 valence electrons. The molecule has 0 fully saturated rings. The minimum atomic E-state index is -4.72. The number of benzene rings is 1. The lowest BCUT2D eigenvalue weighted by atomic mass is 9.98. The Bertz CT molecular complexity index is 1530. The summed E-state index contributed by atoms with van der Waals surface area (Å²) in [7, 11) is 0. The highest BCUT2D eigenvalue weighted by Gasteiger charge is 2.36. The third-order valence-corrected chi connectivity index (χ3v) is 7.34. The molecule has 0 N–H and O–H groups in total. The molecular weight excluding hydrogens is 580 g/mol. The van der Waals surface area contributed by atoms with E-state index in [1.165, 1.54) is 27.8 Å². The highest BCUT2D eigenvalue weighted by atomic mass is 35.5. The van der Waals surface area contributed by atoms with Crippen LogP contribution in [-0.4, -0.2) is 50.2 Å². The van der Waals surface area contributed by atoms with Gasteiger partial charge >= 0.3 is 12.1 Å². The van der Waals surface area contributed by atoms with Gasteiger partial charge in [0.1, 0.15) is 0 Å². The Morgan fingerprint density at radius 2 is 1.90 bits per heavy atom. The van der Waals surface area contributed by atoms with Crippen LogP contribution in [-0.2, 0) is 23.9 Å². The second kappa shape index (κ2) is 11.2. The van der Waals surface area contributed by atoms with Gasteiger partial charge in [-0.05, 0) is 50.8 Å². The normalized spacial score (nSPS) is 15.2. The summed E-state index contributed by atoms with van der Waals surface area (Å²) in [6, 6.07) is 3.80. The number of pyridine rings is 1. The summed E-state index contributed by atoms with van der Waals surface area (Å²) in [5, 5.41) is -0.251. The van der Waals surface area contributed by atoms with Crippen molar-refractivity contribution in [3.8, 4) is 5.82 Å². The van der Waals surface area contributed by atoms with E-state index < -0.39 is 40.2 Å². The van der Waals surface area contributed by atoms with Crippen LogP contribution in [0.15, 0.2) is 40.4 Å². The van der Waals surface area contributed by atoms with Crippen LogP contribution in [0, 0.1) is 0 Å². The Hall–Kier alpha value is -3.09. The molecule has 0 aliphatic carbocycles. The number of amides is 1. The Morgan fingerprint density at radius 3 is 2.51 bits per heavy atom. The summed E-state index contributed by atoms with van der Waals surface area (Å²) in [5.41, 5.74) is -0.983. The first-order valence-corrected chi connectivity index (χ1v) is 13.5. The second-order valence-corrected chi connectivity index (χ2v) is 10.2. The smallest absolute Gasteiger partial charge is 0.417 e. The first-order chi connectivity index (χ1) is 18.4. The van der Waals surface area contributed by atoms with Gasteiger partial charge < -0.3 is 9.64 Å². The lowest BCUT2D eigenvalue weighted by molar-refractivity contribution is -0.137. The molecule has 8 nitrogen and oxygen atoms in total. The minimum absolute atomic E-state index is 0.0311. The van der Waals surface area contributed by atoms with Gasteiger partial charge in [-0.3, -0.25) is 9.59 Å². The summed E-state index contributed by atoms with van der Waals surface area (Å²) in [4.78, 5) is 49.1. The summed E-state index contributed by atoms with van der Waals surface area (Å²) < 4.78 is 46.2. The summed E-state index contributed by atoms with van der Waals surface area (Å²) in [6.07, 6.45) is -1.69. The van der Waals surface area contributed by atoms with Crippen molar-refractivity contribution in [3.05, 3.63) is 78.8 Å². The van der Waals surface area contributed by atoms with E-state index in [4.69, 9.17) is 27.9 Å². The fraction of sp³-hybridized carbons (Fsp3) is 0.320. The number of alkyl halides is 3. The average Bonchev–Trinajstić information content (AvgIpc) is 2.88. The molecule has 1 atom stereocenters. The molecule has 0 saturated heterocycles. The van der Waals surface area contributed by atoms with Gasteiger partial charge in [0.2, 0.25) is 0 Å². The van der Waals surface area contributed by atoms with Crippen molar-refractivity contribution >= 4 is 46.8 Å². The van der Waals surface area contributed by atoms with E-state index in [-0.39, 0.29) is 46.7 Å². The van der Waals surface area contributed by atoms with Crippen molar-refractivity contribution in [2.24, 2.45) is 0 Å². The maximum absolute atomic E-state index is 13.6. The Balaban J connectivity index is 1.72. The molecule has 14 heteroatoms. The molecule has 0 saturated carbocycles. The zero-order chi connectivity index (χ0) is 28.6. The number of fused-ring (bicyclic) bond motifs is 1. The van der Waals surface area contributed by atoms with Crippen LogP contribution in [0.3, 0.4) is 0 Å². The second-order valence-electron chi connectivity index (χ2n) is 8.59. The molecule has 0 radical (unpaired) electrons. The Kier molecular flexibility index (Phi) is 8.29. The molecular formula is C25H21Cl2F3N4O4S. The van der Waals surface area contributed by atoms with Crippen LogP contribution in [0.25, 0.3) is 5.82 Å². The van der Waals surface area contributed by atoms with Crippen LogP contribution >= 0.6 is 35.0 Å². The van der Waals surface area contributed by atoms with Crippen LogP contribution in [0.4, 0.5) is 13.2 Å². The maximum atomic E-state index is 13.6. The van der Waals surface area contributed by atoms with E-state index in [0.717, 1.165) is 23.9 Å². The maximum Gasteiger partial charge on any atom is 0.417 e. The number of aromatic nitrogens is 3. The fourth-order valence-corrected chi connectivity index (χ4v) is 5.22. The number of halogens is 5. The highest BCUT2D eigenvalue weighted by Crippen LogP contribution is 2.36. The number of rotatable bonds is 5. The van der Waals surface area contributed by atoms with Gasteiger partial charge in [0, 0.05) is 23.4 Å². The molecule has 0 bridgehead atoms. The van der Waals surface area contributed by atoms with Crippen molar-refractivity contribution in [2.75, 3.05) is 12.9 Å². The minimum Gasteiger partial charge on any atom is -0.462 e. The molecule has 1 aromatic carbocycles. The predicted octanol–water partition coefficient (Wildman–Crippen LogP) is 5.44. The summed E-state index contributed by atoms with van der Waals surface area (Å²) in [5.74, 6) is -1.19. The standard InChI is InChI=1S/C25H21Cl2F3N4O4S/c1-4-38-23(37)14-9-18(27)20(31-10-14)34-22(36)15-7-12(2)33(11-19(15)32-24(34)39-3)21(35)13-5-6-17(26)16(8-13)25(28,29)30/h5-6,8-10,12H,4,7,11H2,1-3H3/t12-/m1/s1. The fourth-order valence-electron chi connectivity index (χ4n) is 4.20. The SMILES string of the molecule is CCOC(=O)c1cnc(-n2c(SC)nc3c(c2=O)C[C@@H](C)N(C(=O)c2ccc(Cl)c(C(F)(F)F)c2)C3)c(Cl)c1. The van der Waals surface area contributed by atoms with Crippen molar-refractivity contribution < 1.29 is 27.5 Å².